The van der Waals surface area contributed by atoms with Crippen molar-refractivity contribution < 1.29 is 28.9 Å². The van der Waals surface area contributed by atoms with Gasteiger partial charge in [-0.3, -0.25) is 4.79 Å². The lowest BCUT2D eigenvalue weighted by atomic mass is 9.87. The van der Waals surface area contributed by atoms with Crippen LogP contribution in [0.1, 0.15) is 59.3 Å². The van der Waals surface area contributed by atoms with E-state index in [9.17, 15) is 14.7 Å². The number of hydrogen-bond acceptors (Lipinski definition) is 7. The number of hydrogen-bond donors (Lipinski definition) is 1. The van der Waals surface area contributed by atoms with Gasteiger partial charge in [0.1, 0.15) is 5.60 Å². The van der Waals surface area contributed by atoms with Crippen LogP contribution in [0.15, 0.2) is 0 Å². The molecule has 1 saturated heterocycles. The van der Waals surface area contributed by atoms with E-state index in [1.54, 1.807) is 25.7 Å². The summed E-state index contributed by atoms with van der Waals surface area (Å²) in [5, 5.41) is 11.1. The predicted molar refractivity (Wildman–Crippen MR) is 90.4 cm³/mol. The highest BCUT2D eigenvalue weighted by molar-refractivity contribution is 5.77. The molecule has 0 amide bonds. The smallest absolute Gasteiger partial charge is 0.384 e. The Bertz CT molecular complexity index is 474. The Kier molecular flexibility index (Phi) is 6.45. The van der Waals surface area contributed by atoms with Gasteiger partial charge in [-0.05, 0) is 59.3 Å². The van der Waals surface area contributed by atoms with Gasteiger partial charge in [-0.2, -0.15) is 0 Å². The Labute approximate surface area is 149 Å². The van der Waals surface area contributed by atoms with Gasteiger partial charge >= 0.3 is 17.8 Å². The van der Waals surface area contributed by atoms with E-state index in [1.165, 1.54) is 7.11 Å². The third-order valence-electron chi connectivity index (χ3n) is 4.74. The molecule has 0 radical (unpaired) electrons. The van der Waals surface area contributed by atoms with Gasteiger partial charge in [0.15, 0.2) is 0 Å². The maximum atomic E-state index is 12.6. The molecule has 1 unspecified atom stereocenters. The Morgan fingerprint density at radius 1 is 1.04 bits per heavy atom. The molecule has 1 saturated carbocycles. The van der Waals surface area contributed by atoms with Gasteiger partial charge in [0.25, 0.3) is 0 Å². The molecule has 2 aliphatic rings. The molecule has 0 aromatic carbocycles. The molecule has 1 heterocycles. The number of likely N-dealkylation sites (tertiary alicyclic amines) is 1. The number of carbonyl (C=O) groups excluding carboxylic acids is 2. The molecular weight excluding hydrogens is 326 g/mol. The Morgan fingerprint density at radius 3 is 2.08 bits per heavy atom. The van der Waals surface area contributed by atoms with Gasteiger partial charge in [-0.15, -0.1) is 0 Å². The minimum Gasteiger partial charge on any atom is -0.469 e. The van der Waals surface area contributed by atoms with Crippen molar-refractivity contribution in [3.8, 4) is 0 Å². The molecule has 2 fully saturated rings. The van der Waals surface area contributed by atoms with Crippen LogP contribution in [0.4, 0.5) is 0 Å². The van der Waals surface area contributed by atoms with E-state index in [0.29, 0.717) is 38.8 Å². The van der Waals surface area contributed by atoms with Gasteiger partial charge in [0, 0.05) is 13.1 Å². The van der Waals surface area contributed by atoms with Crippen LogP contribution in [0.25, 0.3) is 0 Å². The number of nitrogens with zero attached hydrogens (tertiary/aromatic N) is 1. The molecule has 0 aromatic rings. The Morgan fingerprint density at radius 2 is 1.60 bits per heavy atom. The Balaban J connectivity index is 2.04. The SMILES string of the molecule is COC(=O)C1CCC(OC(O)(C(=O)OC(C)(C)C)N2CCCC2)CC1. The van der Waals surface area contributed by atoms with Crippen molar-refractivity contribution in [2.45, 2.75) is 76.9 Å². The summed E-state index contributed by atoms with van der Waals surface area (Å²) in [7, 11) is 1.39. The van der Waals surface area contributed by atoms with E-state index >= 15 is 0 Å². The zero-order valence-corrected chi connectivity index (χ0v) is 15.7. The molecule has 0 spiro atoms. The van der Waals surface area contributed by atoms with Crippen molar-refractivity contribution in [3.63, 3.8) is 0 Å². The lowest BCUT2D eigenvalue weighted by Gasteiger charge is -2.39. The molecule has 7 heteroatoms. The second-order valence-electron chi connectivity index (χ2n) is 7.92. The fourth-order valence-corrected chi connectivity index (χ4v) is 3.43. The van der Waals surface area contributed by atoms with Gasteiger partial charge in [0.05, 0.1) is 19.1 Å². The molecular formula is C18H31NO6. The summed E-state index contributed by atoms with van der Waals surface area (Å²) in [4.78, 5) is 25.9. The third-order valence-corrected chi connectivity index (χ3v) is 4.74. The monoisotopic (exact) mass is 357 g/mol. The predicted octanol–water partition coefficient (Wildman–Crippen LogP) is 1.82. The van der Waals surface area contributed by atoms with E-state index in [1.807, 2.05) is 0 Å². The molecule has 0 bridgehead atoms. The van der Waals surface area contributed by atoms with Crippen molar-refractivity contribution in [2.75, 3.05) is 20.2 Å². The van der Waals surface area contributed by atoms with Crippen LogP contribution in [0, 0.1) is 5.92 Å². The highest BCUT2D eigenvalue weighted by atomic mass is 16.7. The molecule has 0 aromatic heterocycles. The van der Waals surface area contributed by atoms with Crippen molar-refractivity contribution in [1.29, 1.82) is 0 Å². The first kappa shape index (κ1) is 20.1. The van der Waals surface area contributed by atoms with E-state index < -0.39 is 17.5 Å². The lowest BCUT2D eigenvalue weighted by Crippen LogP contribution is -2.59. The summed E-state index contributed by atoms with van der Waals surface area (Å²) in [6.07, 6.45) is 3.97. The van der Waals surface area contributed by atoms with E-state index in [4.69, 9.17) is 14.2 Å². The molecule has 144 valence electrons. The summed E-state index contributed by atoms with van der Waals surface area (Å²) >= 11 is 0. The minimum absolute atomic E-state index is 0.133. The van der Waals surface area contributed by atoms with E-state index in [0.717, 1.165) is 12.8 Å². The Hall–Kier alpha value is -1.18. The minimum atomic E-state index is -2.06. The fourth-order valence-electron chi connectivity index (χ4n) is 3.43. The van der Waals surface area contributed by atoms with Crippen LogP contribution in [0.2, 0.25) is 0 Å². The average molecular weight is 357 g/mol. The second kappa shape index (κ2) is 8.01. The van der Waals surface area contributed by atoms with Crippen molar-refractivity contribution in [3.05, 3.63) is 0 Å². The maximum Gasteiger partial charge on any atom is 0.384 e. The molecule has 1 N–H and O–H groups in total. The second-order valence-corrected chi connectivity index (χ2v) is 7.92. The van der Waals surface area contributed by atoms with Crippen LogP contribution < -0.4 is 0 Å². The van der Waals surface area contributed by atoms with Crippen LogP contribution in [-0.4, -0.2) is 59.8 Å². The van der Waals surface area contributed by atoms with Gasteiger partial charge in [-0.1, -0.05) is 0 Å². The molecule has 2 rings (SSSR count). The molecule has 1 aliphatic carbocycles. The zero-order valence-electron chi connectivity index (χ0n) is 15.7. The van der Waals surface area contributed by atoms with Crippen molar-refractivity contribution >= 4 is 11.9 Å². The number of methoxy groups -OCH3 is 1. The molecule has 25 heavy (non-hydrogen) atoms. The van der Waals surface area contributed by atoms with E-state index in [2.05, 4.69) is 0 Å². The quantitative estimate of drug-likeness (QED) is 0.593. The summed E-state index contributed by atoms with van der Waals surface area (Å²) in [5.74, 6) is -3.17. The molecule has 1 aliphatic heterocycles. The van der Waals surface area contributed by atoms with Crippen LogP contribution >= 0.6 is 0 Å². The first-order valence-corrected chi connectivity index (χ1v) is 9.12. The molecule has 7 nitrogen and oxygen atoms in total. The van der Waals surface area contributed by atoms with Crippen molar-refractivity contribution in [1.82, 2.24) is 4.90 Å². The number of carbonyl (C=O) groups is 2. The summed E-state index contributed by atoms with van der Waals surface area (Å²) in [6, 6.07) is 0. The number of rotatable bonds is 5. The first-order valence-electron chi connectivity index (χ1n) is 9.12. The normalized spacial score (nSPS) is 27.6. The van der Waals surface area contributed by atoms with Crippen LogP contribution in [0.5, 0.6) is 0 Å². The maximum absolute atomic E-state index is 12.6. The first-order chi connectivity index (χ1) is 11.7. The summed E-state index contributed by atoms with van der Waals surface area (Å²) in [6.45, 7) is 6.46. The highest BCUT2D eigenvalue weighted by Gasteiger charge is 2.50. The van der Waals surface area contributed by atoms with Gasteiger partial charge in [0.2, 0.25) is 0 Å². The fraction of sp³-hybridized carbons (Fsp3) is 0.889. The topological polar surface area (TPSA) is 85.3 Å². The van der Waals surface area contributed by atoms with Crippen LogP contribution in [0.3, 0.4) is 0 Å². The molecule has 1 atom stereocenters. The number of aliphatic hydroxyl groups is 1. The zero-order chi connectivity index (χ0) is 18.7. The van der Waals surface area contributed by atoms with Crippen molar-refractivity contribution in [2.24, 2.45) is 5.92 Å². The third kappa shape index (κ3) is 5.15. The lowest BCUT2D eigenvalue weighted by molar-refractivity contribution is -0.308. The highest BCUT2D eigenvalue weighted by Crippen LogP contribution is 2.32. The van der Waals surface area contributed by atoms with Gasteiger partial charge < -0.3 is 19.3 Å². The van der Waals surface area contributed by atoms with Crippen LogP contribution in [-0.2, 0) is 23.8 Å². The summed E-state index contributed by atoms with van der Waals surface area (Å²) in [5.41, 5.74) is -0.712. The largest absolute Gasteiger partial charge is 0.469 e. The standard InChI is InChI=1S/C18H31NO6/c1-17(2,3)25-16(21)18(22,19-11-5-6-12-19)24-14-9-7-13(8-10-14)15(20)23-4/h13-14,22H,5-12H2,1-4H3. The summed E-state index contributed by atoms with van der Waals surface area (Å²) < 4.78 is 16.1. The van der Waals surface area contributed by atoms with E-state index in [-0.39, 0.29) is 18.0 Å². The van der Waals surface area contributed by atoms with Gasteiger partial charge in [-0.25, -0.2) is 9.69 Å². The number of ether oxygens (including phenoxy) is 3. The average Bonchev–Trinajstić information content (AvgIpc) is 3.08. The number of esters is 2.